The smallest absolute Gasteiger partial charge is 0.485 e. The Balaban J connectivity index is 0.000000447. The van der Waals surface area contributed by atoms with Crippen molar-refractivity contribution in [1.82, 2.24) is 4.31 Å². The Morgan fingerprint density at radius 3 is 1.90 bits per heavy atom. The van der Waals surface area contributed by atoms with E-state index in [-0.39, 0.29) is 0 Å². The van der Waals surface area contributed by atoms with E-state index in [1.165, 1.54) is 10.5 Å². The van der Waals surface area contributed by atoms with Gasteiger partial charge in [0.2, 0.25) is 0 Å². The van der Waals surface area contributed by atoms with Crippen LogP contribution in [0.5, 0.6) is 0 Å². The third-order valence-electron chi connectivity index (χ3n) is 4.32. The van der Waals surface area contributed by atoms with Gasteiger partial charge < -0.3 is 4.55 Å². The molecule has 164 valence electrons. The van der Waals surface area contributed by atoms with Crippen LogP contribution in [0.2, 0.25) is 0 Å². The van der Waals surface area contributed by atoms with Crippen molar-refractivity contribution in [3.8, 4) is 0 Å². The van der Waals surface area contributed by atoms with Gasteiger partial charge in [0.1, 0.15) is 6.20 Å². The summed E-state index contributed by atoms with van der Waals surface area (Å²) in [5.41, 5.74) is -4.61. The largest absolute Gasteiger partial charge is 0.741 e. The van der Waals surface area contributed by atoms with E-state index in [2.05, 4.69) is 24.3 Å². The molecule has 0 bridgehead atoms. The van der Waals surface area contributed by atoms with Crippen LogP contribution in [0.3, 0.4) is 0 Å². The minimum absolute atomic E-state index is 0.302. The van der Waals surface area contributed by atoms with Crippen molar-refractivity contribution in [3.63, 3.8) is 0 Å². The maximum Gasteiger partial charge on any atom is 0.485 e. The molecule has 1 aromatic rings. The maximum absolute atomic E-state index is 12.4. The van der Waals surface area contributed by atoms with Crippen LogP contribution >= 0.6 is 0 Å². The molecule has 0 aromatic heterocycles. The first kappa shape index (κ1) is 25.2. The number of hydrogen-bond donors (Lipinski definition) is 0. The predicted molar refractivity (Wildman–Crippen MR) is 99.9 cm³/mol. The summed E-state index contributed by atoms with van der Waals surface area (Å²) in [6, 6.07) is 7.70. The van der Waals surface area contributed by atoms with Crippen LogP contribution in [0, 0.1) is 6.92 Å². The van der Waals surface area contributed by atoms with E-state index in [0.717, 1.165) is 18.4 Å². The zero-order valence-electron chi connectivity index (χ0n) is 16.3. The molecule has 0 unspecified atom stereocenters. The van der Waals surface area contributed by atoms with Crippen molar-refractivity contribution in [3.05, 3.63) is 36.0 Å². The van der Waals surface area contributed by atoms with Crippen molar-refractivity contribution in [2.45, 2.75) is 56.1 Å². The number of halogens is 3. The van der Waals surface area contributed by atoms with Gasteiger partial charge in [-0.2, -0.15) is 17.7 Å². The Hall–Kier alpha value is -1.88. The van der Waals surface area contributed by atoms with Gasteiger partial charge in [-0.1, -0.05) is 17.7 Å². The number of sulfonamides is 1. The Labute approximate surface area is 169 Å². The summed E-state index contributed by atoms with van der Waals surface area (Å²) in [5, 5.41) is 0. The summed E-state index contributed by atoms with van der Waals surface area (Å²) in [6.07, 6.45) is 3.76. The van der Waals surface area contributed by atoms with E-state index in [4.69, 9.17) is 13.0 Å². The van der Waals surface area contributed by atoms with Gasteiger partial charge in [-0.15, -0.1) is 0 Å². The quantitative estimate of drug-likeness (QED) is 0.395. The molecule has 29 heavy (non-hydrogen) atoms. The van der Waals surface area contributed by atoms with Crippen molar-refractivity contribution in [1.29, 1.82) is 0 Å². The highest BCUT2D eigenvalue weighted by Gasteiger charge is 2.37. The summed E-state index contributed by atoms with van der Waals surface area (Å²) < 4.78 is 87.1. The number of nitrogens with zero attached hydrogens (tertiary/aromatic N) is 2. The van der Waals surface area contributed by atoms with Gasteiger partial charge in [0.25, 0.3) is 10.0 Å². The normalized spacial score (nSPS) is 19.8. The van der Waals surface area contributed by atoms with E-state index in [1.54, 1.807) is 31.3 Å². The molecule has 2 atom stereocenters. The Bertz CT molecular complexity index is 969. The third-order valence-corrected chi connectivity index (χ3v) is 6.62. The standard InChI is InChI=1S/C16H23N2O2S.CHF3O3S/c1-13-5-9-16(10-6-13)21(19,20)17(4)11-12-18-14(2)7-8-15(18)3;2-1(3,4)8(5,6)7/h5-6,9-11,14-15H,7-8H2,1-4H3;(H,5,6,7)/q+1;/p-1/t14-,15-;/m1./s1. The summed E-state index contributed by atoms with van der Waals surface area (Å²) in [7, 11) is -8.03. The van der Waals surface area contributed by atoms with Crippen LogP contribution in [0.15, 0.2) is 35.4 Å². The fraction of sp³-hybridized carbons (Fsp3) is 0.529. The Morgan fingerprint density at radius 2 is 1.52 bits per heavy atom. The molecule has 2 rings (SSSR count). The van der Waals surface area contributed by atoms with E-state index >= 15 is 0 Å². The van der Waals surface area contributed by atoms with Crippen LogP contribution in [0.4, 0.5) is 13.2 Å². The SMILES string of the molecule is Cc1ccc(S(=O)(=O)N(C)C=C=[N+]2[C@H](C)CC[C@H]2C)cc1.O=S(=O)([O-])C(F)(F)F. The topological polar surface area (TPSA) is 97.6 Å². The first-order valence-corrected chi connectivity index (χ1v) is 11.4. The minimum Gasteiger partial charge on any atom is -0.741 e. The lowest BCUT2D eigenvalue weighted by Crippen LogP contribution is -2.25. The Morgan fingerprint density at radius 1 is 1.10 bits per heavy atom. The monoisotopic (exact) mass is 456 g/mol. The molecule has 0 spiro atoms. The molecule has 7 nitrogen and oxygen atoms in total. The maximum atomic E-state index is 12.4. The predicted octanol–water partition coefficient (Wildman–Crippen LogP) is 2.43. The minimum atomic E-state index is -6.09. The molecule has 1 aliphatic rings. The lowest BCUT2D eigenvalue weighted by molar-refractivity contribution is -0.565. The first-order chi connectivity index (χ1) is 13.1. The lowest BCUT2D eigenvalue weighted by Gasteiger charge is -2.13. The first-order valence-electron chi connectivity index (χ1n) is 8.52. The molecule has 0 amide bonds. The second-order valence-electron chi connectivity index (χ2n) is 6.68. The molecule has 12 heteroatoms. The molecule has 0 aliphatic carbocycles. The zero-order chi connectivity index (χ0) is 22.6. The second-order valence-corrected chi connectivity index (χ2v) is 10.0. The van der Waals surface area contributed by atoms with E-state index in [9.17, 15) is 21.6 Å². The molecule has 0 saturated carbocycles. The van der Waals surface area contributed by atoms with Gasteiger partial charge in [0.15, 0.2) is 28.1 Å². The van der Waals surface area contributed by atoms with Gasteiger partial charge in [-0.25, -0.2) is 16.8 Å². The van der Waals surface area contributed by atoms with Crippen LogP contribution in [0.25, 0.3) is 0 Å². The summed E-state index contributed by atoms with van der Waals surface area (Å²) in [4.78, 5) is 0.302. The molecule has 1 fully saturated rings. The number of benzene rings is 1. The summed E-state index contributed by atoms with van der Waals surface area (Å²) >= 11 is 0. The van der Waals surface area contributed by atoms with Crippen LogP contribution in [-0.4, -0.2) is 60.8 Å². The van der Waals surface area contributed by atoms with Gasteiger partial charge in [-0.3, -0.25) is 4.31 Å². The van der Waals surface area contributed by atoms with Gasteiger partial charge in [0.05, 0.1) is 4.90 Å². The van der Waals surface area contributed by atoms with E-state index in [0.29, 0.717) is 17.0 Å². The number of hydrogen-bond acceptors (Lipinski definition) is 5. The molecule has 1 heterocycles. The van der Waals surface area contributed by atoms with Crippen molar-refractivity contribution < 1.29 is 39.1 Å². The Kier molecular flexibility index (Phi) is 8.06. The highest BCUT2D eigenvalue weighted by atomic mass is 32.2. The fourth-order valence-corrected chi connectivity index (χ4v) is 3.54. The average Bonchev–Trinajstić information content (AvgIpc) is 2.90. The highest BCUT2D eigenvalue weighted by Crippen LogP contribution is 2.20. The molecular formula is C17H23F3N2O5S2. The van der Waals surface area contributed by atoms with Crippen molar-refractivity contribution in [2.24, 2.45) is 0 Å². The second kappa shape index (κ2) is 9.29. The van der Waals surface area contributed by atoms with Gasteiger partial charge >= 0.3 is 5.51 Å². The molecule has 1 aromatic carbocycles. The van der Waals surface area contributed by atoms with Gasteiger partial charge in [-0.05, 0) is 32.9 Å². The number of aryl methyl sites for hydroxylation is 1. The zero-order valence-corrected chi connectivity index (χ0v) is 18.0. The highest BCUT2D eigenvalue weighted by molar-refractivity contribution is 7.89. The third kappa shape index (κ3) is 6.84. The van der Waals surface area contributed by atoms with Crippen LogP contribution in [0.1, 0.15) is 32.3 Å². The van der Waals surface area contributed by atoms with Crippen LogP contribution in [-0.2, 0) is 20.1 Å². The summed E-state index contributed by atoms with van der Waals surface area (Å²) in [6.45, 7) is 6.21. The van der Waals surface area contributed by atoms with Crippen molar-refractivity contribution in [2.75, 3.05) is 7.05 Å². The molecule has 1 aliphatic heterocycles. The summed E-state index contributed by atoms with van der Waals surface area (Å²) in [5.74, 6) is 3.12. The molecule has 0 N–H and O–H groups in total. The van der Waals surface area contributed by atoms with E-state index < -0.39 is 25.6 Å². The van der Waals surface area contributed by atoms with Crippen molar-refractivity contribution >= 4 is 26.0 Å². The number of rotatable bonds is 3. The van der Waals surface area contributed by atoms with Gasteiger partial charge in [0, 0.05) is 19.9 Å². The molecule has 0 radical (unpaired) electrons. The fourth-order valence-electron chi connectivity index (χ4n) is 2.54. The molecule has 1 saturated heterocycles. The average molecular weight is 457 g/mol. The lowest BCUT2D eigenvalue weighted by atomic mass is 10.2. The van der Waals surface area contributed by atoms with Crippen LogP contribution < -0.4 is 0 Å². The molecular weight excluding hydrogens is 433 g/mol. The number of alkyl halides is 3. The van der Waals surface area contributed by atoms with E-state index in [1.807, 2.05) is 6.92 Å².